The van der Waals surface area contributed by atoms with Crippen LogP contribution in [0.2, 0.25) is 0 Å². The zero-order chi connectivity index (χ0) is 25.6. The number of nitrogens with one attached hydrogen (secondary N) is 2. The van der Waals surface area contributed by atoms with Crippen LogP contribution < -0.4 is 15.4 Å². The van der Waals surface area contributed by atoms with Gasteiger partial charge in [-0.3, -0.25) is 4.79 Å². The highest BCUT2D eigenvalue weighted by atomic mass is 19.4. The SMILES string of the molecule is O=C(NCCNCC(F)(F)F)c1cnc(Oc2cccc(C(F)(F)F)c2)c(-c2cccc(F)c2)c1. The average Bonchev–Trinajstić information content (AvgIpc) is 2.78. The maximum absolute atomic E-state index is 13.8. The molecule has 0 unspecified atom stereocenters. The first-order valence-corrected chi connectivity index (χ1v) is 10.1. The number of carbonyl (C=O) groups is 1. The van der Waals surface area contributed by atoms with Gasteiger partial charge in [-0.05, 0) is 42.0 Å². The van der Waals surface area contributed by atoms with Crippen LogP contribution in [0.5, 0.6) is 11.6 Å². The molecule has 0 aliphatic heterocycles. The van der Waals surface area contributed by atoms with Crippen LogP contribution >= 0.6 is 0 Å². The molecule has 0 atom stereocenters. The zero-order valence-corrected chi connectivity index (χ0v) is 17.8. The summed E-state index contributed by atoms with van der Waals surface area (Å²) in [5.74, 6) is -1.65. The van der Waals surface area contributed by atoms with Crippen LogP contribution in [0.15, 0.2) is 60.8 Å². The van der Waals surface area contributed by atoms with E-state index in [-0.39, 0.29) is 41.4 Å². The van der Waals surface area contributed by atoms with Gasteiger partial charge >= 0.3 is 12.4 Å². The Labute approximate surface area is 194 Å². The lowest BCUT2D eigenvalue weighted by Gasteiger charge is -2.14. The molecule has 0 saturated carbocycles. The third kappa shape index (κ3) is 7.67. The van der Waals surface area contributed by atoms with E-state index in [1.54, 1.807) is 0 Å². The maximum atomic E-state index is 13.8. The number of pyridine rings is 1. The molecule has 1 heterocycles. The Morgan fingerprint density at radius 2 is 1.69 bits per heavy atom. The predicted molar refractivity (Wildman–Crippen MR) is 112 cm³/mol. The van der Waals surface area contributed by atoms with Gasteiger partial charge in [-0.25, -0.2) is 9.37 Å². The molecule has 0 radical (unpaired) electrons. The summed E-state index contributed by atoms with van der Waals surface area (Å²) in [4.78, 5) is 16.5. The van der Waals surface area contributed by atoms with Crippen molar-refractivity contribution in [3.63, 3.8) is 0 Å². The van der Waals surface area contributed by atoms with Gasteiger partial charge in [0.25, 0.3) is 5.91 Å². The monoisotopic (exact) mass is 501 g/mol. The van der Waals surface area contributed by atoms with Gasteiger partial charge in [0.05, 0.1) is 17.7 Å². The minimum Gasteiger partial charge on any atom is -0.438 e. The fourth-order valence-electron chi connectivity index (χ4n) is 2.96. The molecule has 5 nitrogen and oxygen atoms in total. The second kappa shape index (κ2) is 10.7. The van der Waals surface area contributed by atoms with Crippen molar-refractivity contribution in [1.82, 2.24) is 15.6 Å². The number of aromatic nitrogens is 1. The molecular weight excluding hydrogens is 483 g/mol. The van der Waals surface area contributed by atoms with E-state index in [0.717, 1.165) is 30.5 Å². The summed E-state index contributed by atoms with van der Waals surface area (Å²) < 4.78 is 94.9. The van der Waals surface area contributed by atoms with Gasteiger partial charge in [0, 0.05) is 24.8 Å². The van der Waals surface area contributed by atoms with E-state index < -0.39 is 36.2 Å². The Morgan fingerprint density at radius 3 is 2.37 bits per heavy atom. The van der Waals surface area contributed by atoms with Crippen LogP contribution in [0.1, 0.15) is 15.9 Å². The van der Waals surface area contributed by atoms with Crippen molar-refractivity contribution in [3.05, 3.63) is 77.7 Å². The second-order valence-electron chi connectivity index (χ2n) is 7.26. The summed E-state index contributed by atoms with van der Waals surface area (Å²) in [7, 11) is 0. The molecule has 1 amide bonds. The molecule has 3 rings (SSSR count). The molecule has 2 N–H and O–H groups in total. The van der Waals surface area contributed by atoms with Gasteiger partial charge in [-0.2, -0.15) is 26.3 Å². The molecule has 0 spiro atoms. The van der Waals surface area contributed by atoms with Crippen molar-refractivity contribution in [2.75, 3.05) is 19.6 Å². The number of halogens is 7. The van der Waals surface area contributed by atoms with Crippen molar-refractivity contribution in [2.24, 2.45) is 0 Å². The molecule has 0 fully saturated rings. The fourth-order valence-corrected chi connectivity index (χ4v) is 2.96. The highest BCUT2D eigenvalue weighted by Gasteiger charge is 2.31. The molecule has 3 aromatic rings. The smallest absolute Gasteiger partial charge is 0.416 e. The number of hydrogen-bond donors (Lipinski definition) is 2. The highest BCUT2D eigenvalue weighted by Crippen LogP contribution is 2.35. The number of benzene rings is 2. The van der Waals surface area contributed by atoms with Crippen LogP contribution in [0, 0.1) is 5.82 Å². The Morgan fingerprint density at radius 1 is 0.943 bits per heavy atom. The lowest BCUT2D eigenvalue weighted by Crippen LogP contribution is -2.36. The predicted octanol–water partition coefficient (Wildman–Crippen LogP) is 5.58. The fraction of sp³-hybridized carbons (Fsp3) is 0.217. The standard InChI is InChI=1S/C23H18F7N3O2/c24-17-5-1-3-14(9-17)19-10-15(20(34)32-8-7-31-13-22(25,26)27)12-33-21(19)35-18-6-2-4-16(11-18)23(28,29)30/h1-6,9-12,31H,7-8,13H2,(H,32,34). The minimum absolute atomic E-state index is 0.0172. The van der Waals surface area contributed by atoms with Crippen molar-refractivity contribution in [3.8, 4) is 22.8 Å². The summed E-state index contributed by atoms with van der Waals surface area (Å²) in [6.45, 7) is -1.48. The van der Waals surface area contributed by atoms with Crippen molar-refractivity contribution in [1.29, 1.82) is 0 Å². The molecule has 0 bridgehead atoms. The van der Waals surface area contributed by atoms with Crippen LogP contribution in [-0.4, -0.2) is 36.7 Å². The average molecular weight is 501 g/mol. The minimum atomic E-state index is -4.60. The molecule has 2 aromatic carbocycles. The van der Waals surface area contributed by atoms with E-state index in [4.69, 9.17) is 4.74 Å². The molecule has 0 saturated heterocycles. The number of amides is 1. The number of alkyl halides is 6. The van der Waals surface area contributed by atoms with Crippen molar-refractivity contribution >= 4 is 5.91 Å². The van der Waals surface area contributed by atoms with Gasteiger partial charge in [0.1, 0.15) is 11.6 Å². The molecular formula is C23H18F7N3O2. The maximum Gasteiger partial charge on any atom is 0.416 e. The number of hydrogen-bond acceptors (Lipinski definition) is 4. The Bertz CT molecular complexity index is 1180. The zero-order valence-electron chi connectivity index (χ0n) is 17.8. The summed E-state index contributed by atoms with van der Waals surface area (Å²) in [5.41, 5.74) is -0.611. The van der Waals surface area contributed by atoms with Crippen LogP contribution in [0.4, 0.5) is 30.7 Å². The Balaban J connectivity index is 1.84. The van der Waals surface area contributed by atoms with E-state index in [0.29, 0.717) is 0 Å². The number of nitrogens with zero attached hydrogens (tertiary/aromatic N) is 1. The topological polar surface area (TPSA) is 63.2 Å². The Hall–Kier alpha value is -3.67. The van der Waals surface area contributed by atoms with E-state index in [9.17, 15) is 35.5 Å². The third-order valence-electron chi connectivity index (χ3n) is 4.54. The van der Waals surface area contributed by atoms with Gasteiger partial charge in [-0.1, -0.05) is 18.2 Å². The number of rotatable bonds is 8. The second-order valence-corrected chi connectivity index (χ2v) is 7.26. The van der Waals surface area contributed by atoms with Crippen LogP contribution in [0.25, 0.3) is 11.1 Å². The van der Waals surface area contributed by atoms with Crippen LogP contribution in [-0.2, 0) is 6.18 Å². The highest BCUT2D eigenvalue weighted by molar-refractivity contribution is 5.95. The van der Waals surface area contributed by atoms with Gasteiger partial charge < -0.3 is 15.4 Å². The van der Waals surface area contributed by atoms with E-state index >= 15 is 0 Å². The van der Waals surface area contributed by atoms with Gasteiger partial charge in [0.2, 0.25) is 5.88 Å². The molecule has 1 aromatic heterocycles. The van der Waals surface area contributed by atoms with E-state index in [1.807, 2.05) is 0 Å². The summed E-state index contributed by atoms with van der Waals surface area (Å²) in [5, 5.41) is 4.55. The van der Waals surface area contributed by atoms with E-state index in [2.05, 4.69) is 15.6 Å². The third-order valence-corrected chi connectivity index (χ3v) is 4.54. The van der Waals surface area contributed by atoms with Crippen molar-refractivity contribution in [2.45, 2.75) is 12.4 Å². The van der Waals surface area contributed by atoms with Gasteiger partial charge in [0.15, 0.2) is 0 Å². The normalized spacial score (nSPS) is 11.9. The number of carbonyl (C=O) groups excluding carboxylic acids is 1. The lowest BCUT2D eigenvalue weighted by atomic mass is 10.0. The number of ether oxygens (including phenoxy) is 1. The first-order valence-electron chi connectivity index (χ1n) is 10.1. The summed E-state index contributed by atoms with van der Waals surface area (Å²) in [6, 6.07) is 10.5. The summed E-state index contributed by atoms with van der Waals surface area (Å²) >= 11 is 0. The quantitative estimate of drug-likeness (QED) is 0.313. The molecule has 12 heteroatoms. The molecule has 186 valence electrons. The Kier molecular flexibility index (Phi) is 7.95. The molecule has 0 aliphatic rings. The summed E-state index contributed by atoms with van der Waals surface area (Å²) in [6.07, 6.45) is -7.90. The molecule has 35 heavy (non-hydrogen) atoms. The van der Waals surface area contributed by atoms with Crippen molar-refractivity contribution < 1.29 is 40.3 Å². The first kappa shape index (κ1) is 25.9. The largest absolute Gasteiger partial charge is 0.438 e. The van der Waals surface area contributed by atoms with Crippen LogP contribution in [0.3, 0.4) is 0 Å². The van der Waals surface area contributed by atoms with E-state index in [1.165, 1.54) is 30.3 Å². The first-order chi connectivity index (χ1) is 16.4. The lowest BCUT2D eigenvalue weighted by molar-refractivity contribution is -0.137. The molecule has 0 aliphatic carbocycles. The van der Waals surface area contributed by atoms with Gasteiger partial charge in [-0.15, -0.1) is 0 Å².